The number of amides is 1. The predicted octanol–water partition coefficient (Wildman–Crippen LogP) is 1.41. The Balaban J connectivity index is 1.66. The van der Waals surface area contributed by atoms with Crippen molar-refractivity contribution < 1.29 is 23.7 Å². The third-order valence-corrected chi connectivity index (χ3v) is 5.74. The summed E-state index contributed by atoms with van der Waals surface area (Å²) >= 11 is 6.29. The fourth-order valence-corrected chi connectivity index (χ4v) is 4.11. The number of halogens is 1. The number of piperidine rings is 1. The van der Waals surface area contributed by atoms with Gasteiger partial charge in [-0.05, 0) is 26.1 Å². The first-order valence-electron chi connectivity index (χ1n) is 9.93. The van der Waals surface area contributed by atoms with Gasteiger partial charge in [0, 0.05) is 39.2 Å². The Hall–Kier alpha value is -1.74. The lowest BCUT2D eigenvalue weighted by Gasteiger charge is -2.37. The molecule has 9 heteroatoms. The highest BCUT2D eigenvalue weighted by Gasteiger charge is 2.31. The van der Waals surface area contributed by atoms with Crippen molar-refractivity contribution >= 4 is 17.5 Å². The standard InChI is InChI=1S/C20H30ClN3O5/c1-22-5-7-24-6-4-13(16(12-24)26-2)11-23-20(25)14-10-15(21)18(27-3)19-17(14)28-8-9-29-19/h10,13,16,22H,4-9,11-12H2,1-3H3,(H,23,25)/t13-,16+/m0/s1. The Labute approximate surface area is 176 Å². The summed E-state index contributed by atoms with van der Waals surface area (Å²) in [5.41, 5.74) is 0.353. The average molecular weight is 428 g/mol. The molecule has 2 N–H and O–H groups in total. The molecule has 0 saturated carbocycles. The van der Waals surface area contributed by atoms with E-state index in [0.29, 0.717) is 47.6 Å². The fourth-order valence-electron chi connectivity index (χ4n) is 3.83. The molecule has 0 unspecified atom stereocenters. The van der Waals surface area contributed by atoms with Gasteiger partial charge >= 0.3 is 0 Å². The SMILES string of the molecule is CNCCN1CC[C@@H](CNC(=O)c2cc(Cl)c(OC)c3c2OCCO3)[C@H](OC)C1. The van der Waals surface area contributed by atoms with Gasteiger partial charge in [0.2, 0.25) is 5.75 Å². The first-order valence-corrected chi connectivity index (χ1v) is 10.3. The number of benzene rings is 1. The molecule has 2 aliphatic rings. The van der Waals surface area contributed by atoms with Crippen LogP contribution in [0.4, 0.5) is 0 Å². The largest absolute Gasteiger partial charge is 0.491 e. The quantitative estimate of drug-likeness (QED) is 0.649. The maximum Gasteiger partial charge on any atom is 0.255 e. The molecule has 1 fully saturated rings. The molecule has 1 amide bonds. The van der Waals surface area contributed by atoms with Crippen LogP contribution in [0.25, 0.3) is 0 Å². The summed E-state index contributed by atoms with van der Waals surface area (Å²) in [5.74, 6) is 1.13. The second kappa shape index (κ2) is 10.3. The molecule has 0 spiro atoms. The number of carbonyl (C=O) groups is 1. The molecule has 1 saturated heterocycles. The van der Waals surface area contributed by atoms with Gasteiger partial charge in [0.15, 0.2) is 11.5 Å². The van der Waals surface area contributed by atoms with Crippen LogP contribution in [0.5, 0.6) is 17.2 Å². The van der Waals surface area contributed by atoms with Crippen LogP contribution in [0.2, 0.25) is 5.02 Å². The van der Waals surface area contributed by atoms with Crippen molar-refractivity contribution in [2.75, 3.05) is 67.2 Å². The molecule has 0 radical (unpaired) electrons. The van der Waals surface area contributed by atoms with E-state index in [4.69, 9.17) is 30.5 Å². The zero-order chi connectivity index (χ0) is 20.8. The van der Waals surface area contributed by atoms with Gasteiger partial charge in [-0.1, -0.05) is 11.6 Å². The van der Waals surface area contributed by atoms with E-state index in [1.54, 1.807) is 13.2 Å². The van der Waals surface area contributed by atoms with Crippen molar-refractivity contribution in [3.05, 3.63) is 16.7 Å². The fraction of sp³-hybridized carbons (Fsp3) is 0.650. The monoisotopic (exact) mass is 427 g/mol. The number of hydrogen-bond acceptors (Lipinski definition) is 7. The van der Waals surface area contributed by atoms with Gasteiger partial charge in [-0.25, -0.2) is 0 Å². The number of nitrogens with one attached hydrogen (secondary N) is 2. The number of methoxy groups -OCH3 is 2. The lowest BCUT2D eigenvalue weighted by Crippen LogP contribution is -2.49. The van der Waals surface area contributed by atoms with Crippen LogP contribution in [0, 0.1) is 5.92 Å². The molecule has 0 aromatic heterocycles. The lowest BCUT2D eigenvalue weighted by atomic mass is 9.93. The van der Waals surface area contributed by atoms with E-state index in [9.17, 15) is 4.79 Å². The number of fused-ring (bicyclic) bond motifs is 1. The highest BCUT2D eigenvalue weighted by molar-refractivity contribution is 6.33. The Kier molecular flexibility index (Phi) is 7.83. The predicted molar refractivity (Wildman–Crippen MR) is 111 cm³/mol. The number of likely N-dealkylation sites (tertiary alicyclic amines) is 1. The van der Waals surface area contributed by atoms with E-state index < -0.39 is 0 Å². The second-order valence-electron chi connectivity index (χ2n) is 7.23. The Morgan fingerprint density at radius 2 is 2.07 bits per heavy atom. The average Bonchev–Trinajstić information content (AvgIpc) is 2.75. The third kappa shape index (κ3) is 5.06. The smallest absolute Gasteiger partial charge is 0.255 e. The number of rotatable bonds is 8. The maximum atomic E-state index is 12.9. The van der Waals surface area contributed by atoms with Gasteiger partial charge in [-0.3, -0.25) is 9.69 Å². The molecule has 2 aliphatic heterocycles. The van der Waals surface area contributed by atoms with E-state index in [0.717, 1.165) is 32.6 Å². The third-order valence-electron chi connectivity index (χ3n) is 5.46. The van der Waals surface area contributed by atoms with Crippen molar-refractivity contribution in [2.24, 2.45) is 5.92 Å². The van der Waals surface area contributed by atoms with E-state index in [1.807, 2.05) is 7.05 Å². The van der Waals surface area contributed by atoms with E-state index in [1.165, 1.54) is 7.11 Å². The number of nitrogens with zero attached hydrogens (tertiary/aromatic N) is 1. The van der Waals surface area contributed by atoms with Gasteiger partial charge in [0.1, 0.15) is 13.2 Å². The molecule has 1 aromatic carbocycles. The summed E-state index contributed by atoms with van der Waals surface area (Å²) in [6, 6.07) is 1.57. The topological polar surface area (TPSA) is 81.3 Å². The van der Waals surface area contributed by atoms with E-state index >= 15 is 0 Å². The Morgan fingerprint density at radius 3 is 2.76 bits per heavy atom. The van der Waals surface area contributed by atoms with Crippen LogP contribution in [0.1, 0.15) is 16.8 Å². The van der Waals surface area contributed by atoms with Crippen molar-refractivity contribution in [3.8, 4) is 17.2 Å². The zero-order valence-corrected chi connectivity index (χ0v) is 18.0. The highest BCUT2D eigenvalue weighted by atomic mass is 35.5. The van der Waals surface area contributed by atoms with Gasteiger partial charge in [0.25, 0.3) is 5.91 Å². The molecule has 1 aromatic rings. The lowest BCUT2D eigenvalue weighted by molar-refractivity contribution is -0.00981. The molecule has 2 atom stereocenters. The van der Waals surface area contributed by atoms with Crippen LogP contribution in [-0.2, 0) is 4.74 Å². The van der Waals surface area contributed by atoms with Crippen molar-refractivity contribution in [1.29, 1.82) is 0 Å². The normalized spacial score (nSPS) is 21.7. The summed E-state index contributed by atoms with van der Waals surface area (Å²) < 4.78 is 22.3. The van der Waals surface area contributed by atoms with Crippen LogP contribution in [-0.4, -0.2) is 84.1 Å². The minimum Gasteiger partial charge on any atom is -0.491 e. The summed E-state index contributed by atoms with van der Waals surface area (Å²) in [5, 5.41) is 6.51. The second-order valence-corrected chi connectivity index (χ2v) is 7.64. The van der Waals surface area contributed by atoms with Crippen LogP contribution < -0.4 is 24.8 Å². The first-order chi connectivity index (χ1) is 14.1. The molecule has 2 heterocycles. The summed E-state index contributed by atoms with van der Waals surface area (Å²) in [6.45, 7) is 5.06. The van der Waals surface area contributed by atoms with Crippen molar-refractivity contribution in [2.45, 2.75) is 12.5 Å². The number of carbonyl (C=O) groups excluding carboxylic acids is 1. The van der Waals surface area contributed by atoms with Gasteiger partial charge < -0.3 is 29.6 Å². The summed E-state index contributed by atoms with van der Waals surface area (Å²) in [6.07, 6.45) is 1.04. The molecule has 162 valence electrons. The van der Waals surface area contributed by atoms with Gasteiger partial charge in [-0.15, -0.1) is 0 Å². The minimum absolute atomic E-state index is 0.0776. The molecule has 0 bridgehead atoms. The Bertz CT molecular complexity index is 718. The molecule has 29 heavy (non-hydrogen) atoms. The van der Waals surface area contributed by atoms with Gasteiger partial charge in [0.05, 0.1) is 23.8 Å². The van der Waals surface area contributed by atoms with Gasteiger partial charge in [-0.2, -0.15) is 0 Å². The molecule has 8 nitrogen and oxygen atoms in total. The number of ether oxygens (including phenoxy) is 4. The molecule has 0 aliphatic carbocycles. The summed E-state index contributed by atoms with van der Waals surface area (Å²) in [7, 11) is 5.19. The van der Waals surface area contributed by atoms with Crippen molar-refractivity contribution in [3.63, 3.8) is 0 Å². The molecular formula is C20H30ClN3O5. The summed E-state index contributed by atoms with van der Waals surface area (Å²) in [4.78, 5) is 15.3. The first kappa shape index (κ1) is 22.0. The number of hydrogen-bond donors (Lipinski definition) is 2. The maximum absolute atomic E-state index is 12.9. The molecule has 3 rings (SSSR count). The van der Waals surface area contributed by atoms with E-state index in [2.05, 4.69) is 15.5 Å². The highest BCUT2D eigenvalue weighted by Crippen LogP contribution is 2.46. The Morgan fingerprint density at radius 1 is 1.31 bits per heavy atom. The number of likely N-dealkylation sites (N-methyl/N-ethyl adjacent to an activating group) is 1. The molecular weight excluding hydrogens is 398 g/mol. The van der Waals surface area contributed by atoms with Crippen LogP contribution in [0.3, 0.4) is 0 Å². The zero-order valence-electron chi connectivity index (χ0n) is 17.3. The van der Waals surface area contributed by atoms with E-state index in [-0.39, 0.29) is 17.9 Å². The van der Waals surface area contributed by atoms with Crippen LogP contribution >= 0.6 is 11.6 Å². The minimum atomic E-state index is -0.247. The van der Waals surface area contributed by atoms with Crippen LogP contribution in [0.15, 0.2) is 6.07 Å². The van der Waals surface area contributed by atoms with Crippen molar-refractivity contribution in [1.82, 2.24) is 15.5 Å².